The summed E-state index contributed by atoms with van der Waals surface area (Å²) in [4.78, 5) is 13.5. The van der Waals surface area contributed by atoms with Gasteiger partial charge in [-0.3, -0.25) is 9.48 Å². The number of nitrogens with zero attached hydrogens (tertiary/aromatic N) is 3. The van der Waals surface area contributed by atoms with Gasteiger partial charge >= 0.3 is 0 Å². The average Bonchev–Trinajstić information content (AvgIpc) is 3.03. The molecule has 0 unspecified atom stereocenters. The van der Waals surface area contributed by atoms with Crippen molar-refractivity contribution in [1.29, 1.82) is 0 Å². The van der Waals surface area contributed by atoms with Crippen molar-refractivity contribution < 1.29 is 4.74 Å². The van der Waals surface area contributed by atoms with Crippen molar-refractivity contribution in [2.45, 2.75) is 33.5 Å². The van der Waals surface area contributed by atoms with E-state index >= 15 is 0 Å². The summed E-state index contributed by atoms with van der Waals surface area (Å²) in [7, 11) is 3.56. The number of methoxy groups -OCH3 is 1. The SMILES string of the molecule is COc1ccc2cc(CNCc3c(C)nn(C)c3C)c(=O)n(Cc3ccccc3Cl)c2c1. The van der Waals surface area contributed by atoms with Crippen molar-refractivity contribution in [3.63, 3.8) is 0 Å². The Morgan fingerprint density at radius 3 is 2.53 bits per heavy atom. The van der Waals surface area contributed by atoms with Crippen LogP contribution < -0.4 is 15.6 Å². The number of fused-ring (bicyclic) bond motifs is 1. The molecular formula is C25H27ClN4O2. The van der Waals surface area contributed by atoms with Gasteiger partial charge in [0.2, 0.25) is 0 Å². The van der Waals surface area contributed by atoms with E-state index in [1.54, 1.807) is 11.7 Å². The van der Waals surface area contributed by atoms with Gasteiger partial charge in [0.1, 0.15) is 5.75 Å². The molecular weight excluding hydrogens is 424 g/mol. The molecule has 0 amide bonds. The molecule has 0 fully saturated rings. The van der Waals surface area contributed by atoms with Crippen molar-refractivity contribution >= 4 is 22.5 Å². The molecule has 2 aromatic carbocycles. The topological polar surface area (TPSA) is 61.1 Å². The number of hydrogen-bond acceptors (Lipinski definition) is 4. The van der Waals surface area contributed by atoms with Crippen LogP contribution in [0.25, 0.3) is 10.9 Å². The Kier molecular flexibility index (Phi) is 6.35. The average molecular weight is 451 g/mol. The minimum Gasteiger partial charge on any atom is -0.497 e. The molecule has 0 atom stereocenters. The lowest BCUT2D eigenvalue weighted by Gasteiger charge is -2.15. The quantitative estimate of drug-likeness (QED) is 0.454. The van der Waals surface area contributed by atoms with E-state index in [1.165, 1.54) is 0 Å². The highest BCUT2D eigenvalue weighted by molar-refractivity contribution is 6.31. The normalized spacial score (nSPS) is 11.3. The van der Waals surface area contributed by atoms with E-state index in [1.807, 2.05) is 67.2 Å². The molecule has 0 aliphatic heterocycles. The molecule has 0 aliphatic carbocycles. The van der Waals surface area contributed by atoms with E-state index < -0.39 is 0 Å². The highest BCUT2D eigenvalue weighted by Gasteiger charge is 2.13. The van der Waals surface area contributed by atoms with Crippen LogP contribution >= 0.6 is 11.6 Å². The van der Waals surface area contributed by atoms with Gasteiger partial charge in [0, 0.05) is 48.0 Å². The number of ether oxygens (including phenoxy) is 1. The van der Waals surface area contributed by atoms with Crippen molar-refractivity contribution in [3.05, 3.63) is 92.0 Å². The maximum Gasteiger partial charge on any atom is 0.255 e. The van der Waals surface area contributed by atoms with Crippen LogP contribution in [0.15, 0.2) is 53.3 Å². The highest BCUT2D eigenvalue weighted by Crippen LogP contribution is 2.23. The van der Waals surface area contributed by atoms with Crippen molar-refractivity contribution in [2.24, 2.45) is 7.05 Å². The molecule has 4 rings (SSSR count). The fourth-order valence-corrected chi connectivity index (χ4v) is 4.21. The van der Waals surface area contributed by atoms with Gasteiger partial charge in [-0.15, -0.1) is 0 Å². The Morgan fingerprint density at radius 2 is 1.84 bits per heavy atom. The standard InChI is InChI=1S/C25H27ClN4O2/c1-16-22(17(2)29(3)28-16)14-27-13-20-11-18-9-10-21(32-4)12-24(18)30(25(20)31)15-19-7-5-6-8-23(19)26/h5-12,27H,13-15H2,1-4H3. The second kappa shape index (κ2) is 9.18. The molecule has 2 heterocycles. The van der Waals surface area contributed by atoms with Crippen molar-refractivity contribution in [3.8, 4) is 5.75 Å². The van der Waals surface area contributed by atoms with Gasteiger partial charge < -0.3 is 14.6 Å². The molecule has 0 spiro atoms. The molecule has 0 saturated heterocycles. The summed E-state index contributed by atoms with van der Waals surface area (Å²) in [5.74, 6) is 0.707. The van der Waals surface area contributed by atoms with Gasteiger partial charge in [0.15, 0.2) is 0 Å². The maximum atomic E-state index is 13.5. The van der Waals surface area contributed by atoms with E-state index in [0.29, 0.717) is 36.0 Å². The zero-order valence-electron chi connectivity index (χ0n) is 18.8. The molecule has 7 heteroatoms. The monoisotopic (exact) mass is 450 g/mol. The van der Waals surface area contributed by atoms with Crippen LogP contribution in [0.3, 0.4) is 0 Å². The predicted molar refractivity (Wildman–Crippen MR) is 129 cm³/mol. The largest absolute Gasteiger partial charge is 0.497 e. The Morgan fingerprint density at radius 1 is 1.06 bits per heavy atom. The lowest BCUT2D eigenvalue weighted by molar-refractivity contribution is 0.415. The first-order valence-corrected chi connectivity index (χ1v) is 10.9. The predicted octanol–water partition coefficient (Wildman–Crippen LogP) is 4.35. The van der Waals surface area contributed by atoms with Gasteiger partial charge in [0.25, 0.3) is 5.56 Å². The van der Waals surface area contributed by atoms with E-state index in [2.05, 4.69) is 17.3 Å². The van der Waals surface area contributed by atoms with E-state index in [-0.39, 0.29) is 5.56 Å². The molecule has 6 nitrogen and oxygen atoms in total. The lowest BCUT2D eigenvalue weighted by atomic mass is 10.1. The number of pyridine rings is 1. The third kappa shape index (κ3) is 4.29. The van der Waals surface area contributed by atoms with E-state index in [4.69, 9.17) is 16.3 Å². The summed E-state index contributed by atoms with van der Waals surface area (Å²) in [6, 6.07) is 15.3. The first-order valence-electron chi connectivity index (χ1n) is 10.5. The molecule has 0 bridgehead atoms. The van der Waals surface area contributed by atoms with Crippen LogP contribution in [0.2, 0.25) is 5.02 Å². The Labute approximate surface area is 192 Å². The van der Waals surface area contributed by atoms with Gasteiger partial charge in [-0.1, -0.05) is 29.8 Å². The smallest absolute Gasteiger partial charge is 0.255 e. The van der Waals surface area contributed by atoms with Crippen LogP contribution in [0, 0.1) is 13.8 Å². The van der Waals surface area contributed by atoms with E-state index in [9.17, 15) is 4.79 Å². The van der Waals surface area contributed by atoms with Crippen LogP contribution in [0.4, 0.5) is 0 Å². The summed E-state index contributed by atoms with van der Waals surface area (Å²) in [6.07, 6.45) is 0. The van der Waals surface area contributed by atoms with Gasteiger partial charge in [-0.25, -0.2) is 0 Å². The first-order chi connectivity index (χ1) is 15.4. The number of rotatable bonds is 7. The van der Waals surface area contributed by atoms with Crippen LogP contribution in [-0.4, -0.2) is 21.5 Å². The fourth-order valence-electron chi connectivity index (χ4n) is 4.01. The Hall–Kier alpha value is -3.09. The number of aryl methyl sites for hydroxylation is 2. The number of benzene rings is 2. The van der Waals surface area contributed by atoms with E-state index in [0.717, 1.165) is 33.4 Å². The minimum absolute atomic E-state index is 0.0437. The van der Waals surface area contributed by atoms with Crippen LogP contribution in [0.5, 0.6) is 5.75 Å². The van der Waals surface area contributed by atoms with Crippen molar-refractivity contribution in [1.82, 2.24) is 19.7 Å². The molecule has 4 aromatic rings. The molecule has 0 saturated carbocycles. The maximum absolute atomic E-state index is 13.5. The highest BCUT2D eigenvalue weighted by atomic mass is 35.5. The summed E-state index contributed by atoms with van der Waals surface area (Å²) < 4.78 is 9.05. The fraction of sp³-hybridized carbons (Fsp3) is 0.280. The van der Waals surface area contributed by atoms with Gasteiger partial charge in [-0.05, 0) is 49.1 Å². The summed E-state index contributed by atoms with van der Waals surface area (Å²) in [5.41, 5.74) is 5.65. The second-order valence-corrected chi connectivity index (χ2v) is 8.36. The van der Waals surface area contributed by atoms with Crippen molar-refractivity contribution in [2.75, 3.05) is 7.11 Å². The van der Waals surface area contributed by atoms with Crippen LogP contribution in [0.1, 0.15) is 28.1 Å². The Balaban J connectivity index is 1.71. The van der Waals surface area contributed by atoms with Gasteiger partial charge in [0.05, 0.1) is 24.9 Å². The molecule has 0 radical (unpaired) electrons. The molecule has 166 valence electrons. The summed E-state index contributed by atoms with van der Waals surface area (Å²) in [6.45, 7) is 5.55. The number of halogens is 1. The minimum atomic E-state index is -0.0437. The zero-order valence-corrected chi connectivity index (χ0v) is 19.5. The number of hydrogen-bond donors (Lipinski definition) is 1. The lowest BCUT2D eigenvalue weighted by Crippen LogP contribution is -2.28. The molecule has 1 N–H and O–H groups in total. The second-order valence-electron chi connectivity index (χ2n) is 7.95. The molecule has 2 aromatic heterocycles. The summed E-state index contributed by atoms with van der Waals surface area (Å²) in [5, 5.41) is 9.51. The van der Waals surface area contributed by atoms with Crippen LogP contribution in [-0.2, 0) is 26.7 Å². The molecule has 32 heavy (non-hydrogen) atoms. The summed E-state index contributed by atoms with van der Waals surface area (Å²) >= 11 is 6.40. The zero-order chi connectivity index (χ0) is 22.8. The third-order valence-corrected chi connectivity index (χ3v) is 6.31. The number of aromatic nitrogens is 3. The Bertz CT molecular complexity index is 1340. The number of nitrogens with one attached hydrogen (secondary N) is 1. The first kappa shape index (κ1) is 22.1. The third-order valence-electron chi connectivity index (χ3n) is 5.94. The van der Waals surface area contributed by atoms with Gasteiger partial charge in [-0.2, -0.15) is 5.10 Å². The molecule has 0 aliphatic rings.